The summed E-state index contributed by atoms with van der Waals surface area (Å²) in [4.78, 5) is 13.7. The Morgan fingerprint density at radius 3 is 2.74 bits per heavy atom. The van der Waals surface area contributed by atoms with Gasteiger partial charge < -0.3 is 10.4 Å². The molecule has 0 bridgehead atoms. The second-order valence-electron chi connectivity index (χ2n) is 5.65. The van der Waals surface area contributed by atoms with Crippen molar-refractivity contribution in [3.05, 3.63) is 35.1 Å². The molecule has 1 amide bonds. The molecule has 1 saturated heterocycles. The highest BCUT2D eigenvalue weighted by atomic mass is 19.4. The van der Waals surface area contributed by atoms with Gasteiger partial charge in [-0.15, -0.1) is 0 Å². The van der Waals surface area contributed by atoms with E-state index in [0.717, 1.165) is 18.6 Å². The quantitative estimate of drug-likeness (QED) is 0.807. The number of halogens is 4. The Bertz CT molecular complexity index is 563. The lowest BCUT2D eigenvalue weighted by Gasteiger charge is -2.17. The number of nitrogens with zero attached hydrogens (tertiary/aromatic N) is 1. The minimum Gasteiger partial charge on any atom is -0.396 e. The number of hydrogen-bond donors (Lipinski definition) is 2. The van der Waals surface area contributed by atoms with Gasteiger partial charge in [-0.05, 0) is 36.6 Å². The number of benzene rings is 1. The Kier molecular flexibility index (Phi) is 5.59. The lowest BCUT2D eigenvalue weighted by molar-refractivity contribution is -0.138. The van der Waals surface area contributed by atoms with Gasteiger partial charge >= 0.3 is 6.18 Å². The van der Waals surface area contributed by atoms with Gasteiger partial charge in [-0.3, -0.25) is 9.69 Å². The maximum atomic E-state index is 13.0. The Hall–Kier alpha value is -1.67. The minimum atomic E-state index is -4.68. The van der Waals surface area contributed by atoms with E-state index in [2.05, 4.69) is 5.32 Å². The van der Waals surface area contributed by atoms with E-state index in [1.165, 1.54) is 0 Å². The molecule has 0 saturated carbocycles. The van der Waals surface area contributed by atoms with Crippen LogP contribution in [0.4, 0.5) is 17.6 Å². The van der Waals surface area contributed by atoms with Crippen LogP contribution >= 0.6 is 0 Å². The molecule has 23 heavy (non-hydrogen) atoms. The average molecular weight is 334 g/mol. The van der Waals surface area contributed by atoms with E-state index in [1.807, 2.05) is 4.90 Å². The summed E-state index contributed by atoms with van der Waals surface area (Å²) in [6.45, 7) is 1.07. The summed E-state index contributed by atoms with van der Waals surface area (Å²) in [5.74, 6) is -1.24. The smallest absolute Gasteiger partial charge is 0.396 e. The molecule has 0 radical (unpaired) electrons. The predicted molar refractivity (Wildman–Crippen MR) is 74.9 cm³/mol. The van der Waals surface area contributed by atoms with E-state index < -0.39 is 23.5 Å². The zero-order chi connectivity index (χ0) is 17.0. The highest BCUT2D eigenvalue weighted by Crippen LogP contribution is 2.32. The molecule has 1 unspecified atom stereocenters. The van der Waals surface area contributed by atoms with Crippen LogP contribution in [0.5, 0.6) is 0 Å². The Labute approximate surface area is 131 Å². The lowest BCUT2D eigenvalue weighted by Crippen LogP contribution is -2.36. The van der Waals surface area contributed by atoms with Gasteiger partial charge in [-0.2, -0.15) is 13.2 Å². The van der Waals surface area contributed by atoms with Gasteiger partial charge in [0.05, 0.1) is 12.1 Å². The van der Waals surface area contributed by atoms with Crippen molar-refractivity contribution in [2.24, 2.45) is 5.92 Å². The Morgan fingerprint density at radius 2 is 2.13 bits per heavy atom. The Morgan fingerprint density at radius 1 is 1.39 bits per heavy atom. The standard InChI is InChI=1S/C15H18F4N2O2/c16-12-2-1-11(13(5-12)15(17,18)19)6-20-14(23)8-21-4-3-10(7-21)9-22/h1-2,5,10,22H,3-4,6-9H2,(H,20,23). The van der Waals surface area contributed by atoms with Crippen molar-refractivity contribution in [2.45, 2.75) is 19.1 Å². The molecule has 1 aliphatic heterocycles. The summed E-state index contributed by atoms with van der Waals surface area (Å²) in [6.07, 6.45) is -3.88. The van der Waals surface area contributed by atoms with Crippen molar-refractivity contribution in [3.63, 3.8) is 0 Å². The van der Waals surface area contributed by atoms with Gasteiger partial charge in [0.2, 0.25) is 5.91 Å². The topological polar surface area (TPSA) is 52.6 Å². The Balaban J connectivity index is 1.92. The van der Waals surface area contributed by atoms with E-state index in [-0.39, 0.29) is 31.2 Å². The van der Waals surface area contributed by atoms with Crippen molar-refractivity contribution in [2.75, 3.05) is 26.2 Å². The molecule has 1 aliphatic rings. The summed E-state index contributed by atoms with van der Waals surface area (Å²) in [5.41, 5.74) is -1.26. The number of hydrogen-bond acceptors (Lipinski definition) is 3. The molecule has 2 N–H and O–H groups in total. The van der Waals surface area contributed by atoms with Gasteiger partial charge in [-0.25, -0.2) is 4.39 Å². The van der Waals surface area contributed by atoms with Crippen LogP contribution in [-0.2, 0) is 17.5 Å². The van der Waals surface area contributed by atoms with Gasteiger partial charge in [0, 0.05) is 19.7 Å². The van der Waals surface area contributed by atoms with Crippen LogP contribution in [0, 0.1) is 11.7 Å². The average Bonchev–Trinajstić information content (AvgIpc) is 2.92. The number of aliphatic hydroxyl groups excluding tert-OH is 1. The summed E-state index contributed by atoms with van der Waals surface area (Å²) >= 11 is 0. The van der Waals surface area contributed by atoms with Crippen molar-refractivity contribution < 1.29 is 27.5 Å². The van der Waals surface area contributed by atoms with E-state index in [9.17, 15) is 22.4 Å². The SMILES string of the molecule is O=C(CN1CCC(CO)C1)NCc1ccc(F)cc1C(F)(F)F. The van der Waals surface area contributed by atoms with Crippen LogP contribution in [0.1, 0.15) is 17.5 Å². The number of amides is 1. The fourth-order valence-electron chi connectivity index (χ4n) is 2.63. The third kappa shape index (κ3) is 4.90. The first-order chi connectivity index (χ1) is 10.8. The second kappa shape index (κ2) is 7.27. The number of alkyl halides is 3. The predicted octanol–water partition coefficient (Wildman–Crippen LogP) is 1.77. The maximum absolute atomic E-state index is 13.0. The molecule has 8 heteroatoms. The summed E-state index contributed by atoms with van der Waals surface area (Å²) in [7, 11) is 0. The van der Waals surface area contributed by atoms with Crippen LogP contribution < -0.4 is 5.32 Å². The van der Waals surface area contributed by atoms with Crippen LogP contribution in [0.2, 0.25) is 0 Å². The van der Waals surface area contributed by atoms with Gasteiger partial charge in [0.15, 0.2) is 0 Å². The van der Waals surface area contributed by atoms with Crippen LogP contribution in [0.3, 0.4) is 0 Å². The largest absolute Gasteiger partial charge is 0.416 e. The first kappa shape index (κ1) is 17.7. The van der Waals surface area contributed by atoms with E-state index >= 15 is 0 Å². The molecule has 4 nitrogen and oxygen atoms in total. The third-order valence-corrected chi connectivity index (χ3v) is 3.85. The molecule has 1 heterocycles. The fourth-order valence-corrected chi connectivity index (χ4v) is 2.63. The highest BCUT2D eigenvalue weighted by molar-refractivity contribution is 5.78. The monoisotopic (exact) mass is 334 g/mol. The van der Waals surface area contributed by atoms with Crippen LogP contribution in [0.15, 0.2) is 18.2 Å². The van der Waals surface area contributed by atoms with Gasteiger partial charge in [-0.1, -0.05) is 6.07 Å². The molecule has 0 spiro atoms. The molecule has 128 valence electrons. The minimum absolute atomic E-state index is 0.0582. The van der Waals surface area contributed by atoms with Crippen LogP contribution in [0.25, 0.3) is 0 Å². The van der Waals surface area contributed by atoms with Crippen molar-refractivity contribution in [1.82, 2.24) is 10.2 Å². The molecular weight excluding hydrogens is 316 g/mol. The van der Waals surface area contributed by atoms with Gasteiger partial charge in [0.25, 0.3) is 0 Å². The number of likely N-dealkylation sites (tertiary alicyclic amines) is 1. The summed E-state index contributed by atoms with van der Waals surface area (Å²) < 4.78 is 51.6. The molecule has 1 atom stereocenters. The molecule has 0 aliphatic carbocycles. The van der Waals surface area contributed by atoms with Crippen molar-refractivity contribution in [1.29, 1.82) is 0 Å². The second-order valence-corrected chi connectivity index (χ2v) is 5.65. The van der Waals surface area contributed by atoms with Gasteiger partial charge in [0.1, 0.15) is 5.82 Å². The summed E-state index contributed by atoms with van der Waals surface area (Å²) in [6, 6.07) is 2.38. The van der Waals surface area contributed by atoms with Crippen LogP contribution in [-0.4, -0.2) is 42.2 Å². The number of rotatable bonds is 5. The first-order valence-corrected chi connectivity index (χ1v) is 7.25. The molecule has 1 aromatic rings. The van der Waals surface area contributed by atoms with E-state index in [4.69, 9.17) is 5.11 Å². The number of carbonyl (C=O) groups is 1. The van der Waals surface area contributed by atoms with Crippen molar-refractivity contribution >= 4 is 5.91 Å². The molecular formula is C15H18F4N2O2. The zero-order valence-corrected chi connectivity index (χ0v) is 12.4. The first-order valence-electron chi connectivity index (χ1n) is 7.25. The number of nitrogens with one attached hydrogen (secondary N) is 1. The highest BCUT2D eigenvalue weighted by Gasteiger charge is 2.33. The molecule has 1 aromatic carbocycles. The van der Waals surface area contributed by atoms with Crippen molar-refractivity contribution in [3.8, 4) is 0 Å². The van der Waals surface area contributed by atoms with E-state index in [1.54, 1.807) is 0 Å². The third-order valence-electron chi connectivity index (χ3n) is 3.85. The normalized spacial score (nSPS) is 19.1. The lowest BCUT2D eigenvalue weighted by atomic mass is 10.1. The molecule has 0 aromatic heterocycles. The number of carbonyl (C=O) groups excluding carboxylic acids is 1. The molecule has 2 rings (SSSR count). The number of aliphatic hydroxyl groups is 1. The summed E-state index contributed by atoms with van der Waals surface area (Å²) in [5, 5.41) is 11.5. The molecule has 1 fully saturated rings. The fraction of sp³-hybridized carbons (Fsp3) is 0.533. The zero-order valence-electron chi connectivity index (χ0n) is 12.4. The van der Waals surface area contributed by atoms with E-state index in [0.29, 0.717) is 19.2 Å². The maximum Gasteiger partial charge on any atom is 0.416 e.